The smallest absolute Gasteiger partial charge is 0.229 e. The second-order valence-corrected chi connectivity index (χ2v) is 8.35. The van der Waals surface area contributed by atoms with E-state index < -0.39 is 0 Å². The van der Waals surface area contributed by atoms with Gasteiger partial charge in [0.05, 0.1) is 11.6 Å². The minimum absolute atomic E-state index is 0.0116. The number of anilines is 2. The van der Waals surface area contributed by atoms with E-state index in [0.29, 0.717) is 17.8 Å². The molecule has 0 spiro atoms. The highest BCUT2D eigenvalue weighted by molar-refractivity contribution is 5.92. The van der Waals surface area contributed by atoms with Crippen LogP contribution in [-0.2, 0) is 9.53 Å². The largest absolute Gasteiger partial charge is 0.381 e. The number of hydrogen-bond acceptors (Lipinski definition) is 6. The van der Waals surface area contributed by atoms with Gasteiger partial charge in [0, 0.05) is 44.1 Å². The SMILES string of the molecule is C[C@@H]1CC[C@@H](C(=O)Nc2cc(-c3cccc(NCC4CCOCC4)n3)ccn2)CN1. The first-order valence-corrected chi connectivity index (χ1v) is 11.0. The van der Waals surface area contributed by atoms with E-state index in [1.807, 2.05) is 30.3 Å². The van der Waals surface area contributed by atoms with E-state index in [2.05, 4.69) is 27.9 Å². The molecular formula is C23H31N5O2. The monoisotopic (exact) mass is 409 g/mol. The molecule has 2 aromatic rings. The Morgan fingerprint density at radius 3 is 2.83 bits per heavy atom. The number of rotatable bonds is 6. The lowest BCUT2D eigenvalue weighted by Crippen LogP contribution is -2.41. The predicted octanol–water partition coefficient (Wildman–Crippen LogP) is 3.31. The molecule has 3 N–H and O–H groups in total. The highest BCUT2D eigenvalue weighted by Crippen LogP contribution is 2.23. The van der Waals surface area contributed by atoms with Crippen molar-refractivity contribution in [3.63, 3.8) is 0 Å². The summed E-state index contributed by atoms with van der Waals surface area (Å²) in [6.45, 7) is 5.47. The number of hydrogen-bond donors (Lipinski definition) is 3. The van der Waals surface area contributed by atoms with Crippen LogP contribution in [0, 0.1) is 11.8 Å². The number of ether oxygens (including phenoxy) is 1. The van der Waals surface area contributed by atoms with Crippen LogP contribution in [0.2, 0.25) is 0 Å². The third-order valence-corrected chi connectivity index (χ3v) is 6.00. The predicted molar refractivity (Wildman–Crippen MR) is 118 cm³/mol. The molecule has 2 saturated heterocycles. The summed E-state index contributed by atoms with van der Waals surface area (Å²) in [5.74, 6) is 2.08. The van der Waals surface area contributed by atoms with E-state index in [1.165, 1.54) is 0 Å². The van der Waals surface area contributed by atoms with Gasteiger partial charge in [-0.05, 0) is 62.8 Å². The maximum Gasteiger partial charge on any atom is 0.229 e. The molecule has 0 aromatic carbocycles. The summed E-state index contributed by atoms with van der Waals surface area (Å²) in [4.78, 5) is 21.7. The van der Waals surface area contributed by atoms with Crippen LogP contribution in [0.3, 0.4) is 0 Å². The van der Waals surface area contributed by atoms with Gasteiger partial charge in [-0.1, -0.05) is 6.07 Å². The molecule has 7 heteroatoms. The maximum atomic E-state index is 12.6. The van der Waals surface area contributed by atoms with E-state index in [1.54, 1.807) is 6.20 Å². The van der Waals surface area contributed by atoms with Crippen molar-refractivity contribution < 1.29 is 9.53 Å². The first kappa shape index (κ1) is 20.8. The van der Waals surface area contributed by atoms with Crippen molar-refractivity contribution in [1.82, 2.24) is 15.3 Å². The lowest BCUT2D eigenvalue weighted by molar-refractivity contribution is -0.120. The Labute approximate surface area is 178 Å². The minimum atomic E-state index is -0.0116. The lowest BCUT2D eigenvalue weighted by Gasteiger charge is -2.26. The first-order chi connectivity index (χ1) is 14.7. The summed E-state index contributed by atoms with van der Waals surface area (Å²) < 4.78 is 5.43. The van der Waals surface area contributed by atoms with Crippen molar-refractivity contribution in [2.75, 3.05) is 36.9 Å². The van der Waals surface area contributed by atoms with Crippen molar-refractivity contribution in [3.05, 3.63) is 36.5 Å². The number of amides is 1. The van der Waals surface area contributed by atoms with Gasteiger partial charge in [-0.15, -0.1) is 0 Å². The molecule has 30 heavy (non-hydrogen) atoms. The minimum Gasteiger partial charge on any atom is -0.381 e. The van der Waals surface area contributed by atoms with Gasteiger partial charge in [0.2, 0.25) is 5.91 Å². The summed E-state index contributed by atoms with van der Waals surface area (Å²) >= 11 is 0. The molecule has 2 aliphatic heterocycles. The summed E-state index contributed by atoms with van der Waals surface area (Å²) in [5, 5.41) is 9.81. The Hall–Kier alpha value is -2.51. The third kappa shape index (κ3) is 5.55. The van der Waals surface area contributed by atoms with Crippen LogP contribution in [0.4, 0.5) is 11.6 Å². The van der Waals surface area contributed by atoms with Crippen LogP contribution in [0.5, 0.6) is 0 Å². The van der Waals surface area contributed by atoms with Crippen molar-refractivity contribution in [2.24, 2.45) is 11.8 Å². The number of carbonyl (C=O) groups is 1. The van der Waals surface area contributed by atoms with Crippen LogP contribution in [-0.4, -0.2) is 48.2 Å². The number of pyridine rings is 2. The number of piperidine rings is 1. The molecule has 4 rings (SSSR count). The molecule has 0 aliphatic carbocycles. The summed E-state index contributed by atoms with van der Waals surface area (Å²) in [6.07, 6.45) is 5.83. The van der Waals surface area contributed by atoms with E-state index in [0.717, 1.165) is 69.1 Å². The Morgan fingerprint density at radius 1 is 1.17 bits per heavy atom. The summed E-state index contributed by atoms with van der Waals surface area (Å²) in [7, 11) is 0. The average Bonchev–Trinajstić information content (AvgIpc) is 2.79. The van der Waals surface area contributed by atoms with Gasteiger partial charge in [-0.3, -0.25) is 4.79 Å². The fraction of sp³-hybridized carbons (Fsp3) is 0.522. The number of nitrogens with zero attached hydrogens (tertiary/aromatic N) is 2. The highest BCUT2D eigenvalue weighted by Gasteiger charge is 2.24. The second kappa shape index (κ2) is 10.00. The van der Waals surface area contributed by atoms with Gasteiger partial charge >= 0.3 is 0 Å². The first-order valence-electron chi connectivity index (χ1n) is 11.0. The Kier molecular flexibility index (Phi) is 6.92. The van der Waals surface area contributed by atoms with E-state index in [4.69, 9.17) is 9.72 Å². The van der Waals surface area contributed by atoms with E-state index in [-0.39, 0.29) is 11.8 Å². The van der Waals surface area contributed by atoms with Gasteiger partial charge in [-0.2, -0.15) is 0 Å². The molecule has 160 valence electrons. The van der Waals surface area contributed by atoms with Crippen molar-refractivity contribution in [3.8, 4) is 11.3 Å². The van der Waals surface area contributed by atoms with Crippen molar-refractivity contribution in [2.45, 2.75) is 38.6 Å². The molecule has 0 bridgehead atoms. The fourth-order valence-electron chi connectivity index (χ4n) is 4.00. The average molecular weight is 410 g/mol. The standard InChI is InChI=1S/C23H31N5O2/c1-16-5-6-19(15-25-16)23(29)28-22-13-18(7-10-24-22)20-3-2-4-21(27-20)26-14-17-8-11-30-12-9-17/h2-4,7,10,13,16-17,19,25H,5-6,8-9,11-12,14-15H2,1H3,(H,26,27)(H,24,28,29)/t16-,19-/m1/s1. The topological polar surface area (TPSA) is 88.2 Å². The Bertz CT molecular complexity index is 845. The van der Waals surface area contributed by atoms with E-state index in [9.17, 15) is 4.79 Å². The van der Waals surface area contributed by atoms with Crippen LogP contribution in [0.15, 0.2) is 36.5 Å². The van der Waals surface area contributed by atoms with Crippen LogP contribution < -0.4 is 16.0 Å². The van der Waals surface area contributed by atoms with Crippen molar-refractivity contribution in [1.29, 1.82) is 0 Å². The Balaban J connectivity index is 1.38. The maximum absolute atomic E-state index is 12.6. The molecule has 2 atom stereocenters. The highest BCUT2D eigenvalue weighted by atomic mass is 16.5. The third-order valence-electron chi connectivity index (χ3n) is 6.00. The zero-order valence-corrected chi connectivity index (χ0v) is 17.6. The second-order valence-electron chi connectivity index (χ2n) is 8.35. The van der Waals surface area contributed by atoms with Gasteiger partial charge in [0.15, 0.2) is 0 Å². The summed E-state index contributed by atoms with van der Waals surface area (Å²) in [5.41, 5.74) is 1.79. The molecule has 0 saturated carbocycles. The Morgan fingerprint density at radius 2 is 2.03 bits per heavy atom. The van der Waals surface area contributed by atoms with Crippen molar-refractivity contribution >= 4 is 17.5 Å². The molecule has 4 heterocycles. The van der Waals surface area contributed by atoms with Crippen LogP contribution >= 0.6 is 0 Å². The molecule has 7 nitrogen and oxygen atoms in total. The quantitative estimate of drug-likeness (QED) is 0.678. The summed E-state index contributed by atoms with van der Waals surface area (Å²) in [6, 6.07) is 10.3. The molecule has 0 unspecified atom stereocenters. The number of aromatic nitrogens is 2. The van der Waals surface area contributed by atoms with Gasteiger partial charge in [-0.25, -0.2) is 9.97 Å². The lowest BCUT2D eigenvalue weighted by atomic mass is 9.95. The molecule has 1 amide bonds. The van der Waals surface area contributed by atoms with Gasteiger partial charge < -0.3 is 20.7 Å². The van der Waals surface area contributed by atoms with Gasteiger partial charge in [0.1, 0.15) is 11.6 Å². The van der Waals surface area contributed by atoms with Gasteiger partial charge in [0.25, 0.3) is 0 Å². The molecular weight excluding hydrogens is 378 g/mol. The zero-order valence-electron chi connectivity index (χ0n) is 17.6. The van der Waals surface area contributed by atoms with Crippen LogP contribution in [0.1, 0.15) is 32.6 Å². The zero-order chi connectivity index (χ0) is 20.8. The number of nitrogens with one attached hydrogen (secondary N) is 3. The molecule has 2 aliphatic rings. The van der Waals surface area contributed by atoms with Crippen LogP contribution in [0.25, 0.3) is 11.3 Å². The molecule has 2 aromatic heterocycles. The molecule has 0 radical (unpaired) electrons. The fourth-order valence-corrected chi connectivity index (χ4v) is 4.00. The molecule has 2 fully saturated rings. The normalized spacial score (nSPS) is 22.4. The number of carbonyl (C=O) groups excluding carboxylic acids is 1. The van der Waals surface area contributed by atoms with E-state index >= 15 is 0 Å².